The van der Waals surface area contributed by atoms with E-state index in [1.807, 2.05) is 44.2 Å². The van der Waals surface area contributed by atoms with Crippen LogP contribution in [0.2, 0.25) is 5.02 Å². The number of anilines is 1. The van der Waals surface area contributed by atoms with Crippen molar-refractivity contribution in [3.63, 3.8) is 0 Å². The van der Waals surface area contributed by atoms with Crippen molar-refractivity contribution in [2.24, 2.45) is 0 Å². The van der Waals surface area contributed by atoms with Crippen LogP contribution in [0.25, 0.3) is 0 Å². The highest BCUT2D eigenvalue weighted by Gasteiger charge is 2.27. The van der Waals surface area contributed by atoms with Gasteiger partial charge in [-0.25, -0.2) is 8.42 Å². The summed E-state index contributed by atoms with van der Waals surface area (Å²) in [7, 11) is -2.14. The second-order valence-electron chi connectivity index (χ2n) is 8.76. The molecule has 10 heteroatoms. The van der Waals surface area contributed by atoms with Crippen LogP contribution >= 0.6 is 11.6 Å². The number of carbonyl (C=O) groups excluding carboxylic acids is 2. The number of amides is 2. The number of benzene rings is 2. The molecular weight excluding hydrogens is 502 g/mol. The number of nitrogens with zero attached hydrogens (tertiary/aromatic N) is 2. The first-order valence-electron chi connectivity index (χ1n) is 11.9. The first-order chi connectivity index (χ1) is 17.0. The molecule has 2 aromatic carbocycles. The highest BCUT2D eigenvalue weighted by atomic mass is 35.5. The maximum atomic E-state index is 13.3. The van der Waals surface area contributed by atoms with Crippen molar-refractivity contribution in [1.82, 2.24) is 10.2 Å². The number of rotatable bonds is 13. The van der Waals surface area contributed by atoms with E-state index in [0.29, 0.717) is 11.4 Å². The van der Waals surface area contributed by atoms with E-state index in [1.165, 1.54) is 17.5 Å². The first kappa shape index (κ1) is 29.5. The summed E-state index contributed by atoms with van der Waals surface area (Å²) >= 11 is 6.19. The topological polar surface area (TPSA) is 96.0 Å². The van der Waals surface area contributed by atoms with Crippen molar-refractivity contribution in [3.8, 4) is 5.75 Å². The van der Waals surface area contributed by atoms with Crippen LogP contribution in [0.5, 0.6) is 5.75 Å². The summed E-state index contributed by atoms with van der Waals surface area (Å²) < 4.78 is 31.3. The Bertz CT molecular complexity index is 1130. The Balaban J connectivity index is 2.17. The van der Waals surface area contributed by atoms with Crippen molar-refractivity contribution < 1.29 is 22.7 Å². The number of halogens is 1. The molecule has 0 aromatic heterocycles. The van der Waals surface area contributed by atoms with Crippen LogP contribution in [0.4, 0.5) is 5.69 Å². The van der Waals surface area contributed by atoms with E-state index in [2.05, 4.69) is 5.32 Å². The smallest absolute Gasteiger partial charge is 0.242 e. The summed E-state index contributed by atoms with van der Waals surface area (Å²) in [5, 5.41) is 3.22. The maximum absolute atomic E-state index is 13.3. The minimum atomic E-state index is -3.62. The zero-order chi connectivity index (χ0) is 26.9. The number of ether oxygens (including phenoxy) is 1. The van der Waals surface area contributed by atoms with Gasteiger partial charge >= 0.3 is 0 Å². The average Bonchev–Trinajstić information content (AvgIpc) is 2.84. The van der Waals surface area contributed by atoms with Crippen LogP contribution in [-0.4, -0.2) is 57.1 Å². The lowest BCUT2D eigenvalue weighted by molar-refractivity contribution is -0.140. The summed E-state index contributed by atoms with van der Waals surface area (Å²) in [6.45, 7) is 5.96. The van der Waals surface area contributed by atoms with Gasteiger partial charge in [0.15, 0.2) is 0 Å². The zero-order valence-corrected chi connectivity index (χ0v) is 23.1. The molecule has 0 aliphatic rings. The van der Waals surface area contributed by atoms with Gasteiger partial charge in [-0.05, 0) is 50.5 Å². The van der Waals surface area contributed by atoms with Crippen molar-refractivity contribution in [2.45, 2.75) is 58.7 Å². The van der Waals surface area contributed by atoms with Gasteiger partial charge in [-0.3, -0.25) is 13.9 Å². The van der Waals surface area contributed by atoms with Gasteiger partial charge in [0.1, 0.15) is 11.8 Å². The van der Waals surface area contributed by atoms with E-state index in [4.69, 9.17) is 16.3 Å². The maximum Gasteiger partial charge on any atom is 0.242 e. The lowest BCUT2D eigenvalue weighted by Crippen LogP contribution is -2.49. The Morgan fingerprint density at radius 3 is 2.33 bits per heavy atom. The molecule has 8 nitrogen and oxygen atoms in total. The van der Waals surface area contributed by atoms with Gasteiger partial charge in [0.05, 0.1) is 24.1 Å². The molecule has 0 bridgehead atoms. The monoisotopic (exact) mass is 537 g/mol. The SMILES string of the molecule is CC[C@H](C)NC(=O)[C@H](C)N(Cc1ccccc1)C(=O)CCCN(c1ccc(OC)c(Cl)c1)S(C)(=O)=O. The fourth-order valence-electron chi connectivity index (χ4n) is 3.64. The fraction of sp³-hybridized carbons (Fsp3) is 0.462. The summed E-state index contributed by atoms with van der Waals surface area (Å²) in [4.78, 5) is 27.7. The van der Waals surface area contributed by atoms with Crippen LogP contribution in [-0.2, 0) is 26.2 Å². The number of carbonyl (C=O) groups is 2. The molecule has 2 atom stereocenters. The molecule has 0 saturated carbocycles. The third kappa shape index (κ3) is 8.41. The molecule has 0 saturated heterocycles. The molecule has 0 fully saturated rings. The number of nitrogens with one attached hydrogen (secondary N) is 1. The van der Waals surface area contributed by atoms with Crippen molar-refractivity contribution in [3.05, 3.63) is 59.1 Å². The molecule has 0 spiro atoms. The average molecular weight is 538 g/mol. The van der Waals surface area contributed by atoms with Gasteiger partial charge in [-0.2, -0.15) is 0 Å². The standard InChI is InChI=1S/C26H36ClN3O5S/c1-6-19(2)28-26(32)20(3)29(18-21-11-8-7-9-12-21)25(31)13-10-16-30(36(5,33)34)22-14-15-24(35-4)23(27)17-22/h7-9,11-12,14-15,17,19-20H,6,10,13,16,18H2,1-5H3,(H,28,32)/t19-,20-/m0/s1. The van der Waals surface area contributed by atoms with E-state index in [1.54, 1.807) is 24.0 Å². The highest BCUT2D eigenvalue weighted by Crippen LogP contribution is 2.30. The third-order valence-corrected chi connectivity index (χ3v) is 7.43. The molecule has 2 aromatic rings. The minimum Gasteiger partial charge on any atom is -0.495 e. The Kier molecular flexibility index (Phi) is 11.0. The highest BCUT2D eigenvalue weighted by molar-refractivity contribution is 7.92. The van der Waals surface area contributed by atoms with Gasteiger partial charge in [0.2, 0.25) is 21.8 Å². The summed E-state index contributed by atoms with van der Waals surface area (Å²) in [6.07, 6.45) is 2.22. The van der Waals surface area contributed by atoms with E-state index in [9.17, 15) is 18.0 Å². The van der Waals surface area contributed by atoms with E-state index in [0.717, 1.165) is 18.2 Å². The predicted octanol–water partition coefficient (Wildman–Crippen LogP) is 4.23. The molecule has 2 rings (SSSR count). The molecule has 1 N–H and O–H groups in total. The second-order valence-corrected chi connectivity index (χ2v) is 11.1. The molecule has 0 unspecified atom stereocenters. The molecule has 0 aliphatic carbocycles. The van der Waals surface area contributed by atoms with Gasteiger partial charge in [-0.15, -0.1) is 0 Å². The van der Waals surface area contributed by atoms with Gasteiger partial charge in [-0.1, -0.05) is 48.9 Å². The third-order valence-electron chi connectivity index (χ3n) is 5.94. The first-order valence-corrected chi connectivity index (χ1v) is 14.2. The predicted molar refractivity (Wildman–Crippen MR) is 144 cm³/mol. The zero-order valence-electron chi connectivity index (χ0n) is 21.5. The molecule has 2 amide bonds. The van der Waals surface area contributed by atoms with Gasteiger partial charge < -0.3 is 15.0 Å². The Labute approximate surface area is 219 Å². The summed E-state index contributed by atoms with van der Waals surface area (Å²) in [5.41, 5.74) is 1.29. The van der Waals surface area contributed by atoms with E-state index < -0.39 is 16.1 Å². The lowest BCUT2D eigenvalue weighted by Gasteiger charge is -2.30. The van der Waals surface area contributed by atoms with Crippen molar-refractivity contribution >= 4 is 39.1 Å². The van der Waals surface area contributed by atoms with Gasteiger partial charge in [0.25, 0.3) is 0 Å². The van der Waals surface area contributed by atoms with Gasteiger partial charge in [0, 0.05) is 25.6 Å². The van der Waals surface area contributed by atoms with Crippen LogP contribution < -0.4 is 14.4 Å². The molecular formula is C26H36ClN3O5S. The number of methoxy groups -OCH3 is 1. The largest absolute Gasteiger partial charge is 0.495 e. The fourth-order valence-corrected chi connectivity index (χ4v) is 4.85. The van der Waals surface area contributed by atoms with Crippen LogP contribution in [0.3, 0.4) is 0 Å². The molecule has 36 heavy (non-hydrogen) atoms. The number of hydrogen-bond donors (Lipinski definition) is 1. The quantitative estimate of drug-likeness (QED) is 0.412. The van der Waals surface area contributed by atoms with Crippen LogP contribution in [0.1, 0.15) is 45.6 Å². The van der Waals surface area contributed by atoms with E-state index in [-0.39, 0.29) is 48.8 Å². The number of hydrogen-bond acceptors (Lipinski definition) is 5. The summed E-state index contributed by atoms with van der Waals surface area (Å²) in [5.74, 6) is -0.0172. The molecule has 0 aliphatic heterocycles. The number of sulfonamides is 1. The molecule has 0 radical (unpaired) electrons. The Morgan fingerprint density at radius 1 is 1.11 bits per heavy atom. The lowest BCUT2D eigenvalue weighted by atomic mass is 10.1. The van der Waals surface area contributed by atoms with Crippen LogP contribution in [0, 0.1) is 0 Å². The minimum absolute atomic E-state index is 0.00623. The molecule has 0 heterocycles. The van der Waals surface area contributed by atoms with Crippen LogP contribution in [0.15, 0.2) is 48.5 Å². The van der Waals surface area contributed by atoms with E-state index >= 15 is 0 Å². The summed E-state index contributed by atoms with van der Waals surface area (Å²) in [6, 6.07) is 13.5. The van der Waals surface area contributed by atoms with Crippen molar-refractivity contribution in [1.29, 1.82) is 0 Å². The van der Waals surface area contributed by atoms with Crippen molar-refractivity contribution in [2.75, 3.05) is 24.2 Å². The normalized spacial score (nSPS) is 12.9. The molecule has 198 valence electrons. The Morgan fingerprint density at radius 2 is 1.78 bits per heavy atom. The second kappa shape index (κ2) is 13.5. The Hall–Kier alpha value is -2.78.